The molecule has 42 heavy (non-hydrogen) atoms. The second kappa shape index (κ2) is 11.6. The third-order valence-electron chi connectivity index (χ3n) is 8.17. The molecule has 1 saturated heterocycles. The van der Waals surface area contributed by atoms with Gasteiger partial charge in [0.25, 0.3) is 5.91 Å². The Balaban J connectivity index is 1.31. The van der Waals surface area contributed by atoms with Gasteiger partial charge in [0.15, 0.2) is 0 Å². The lowest BCUT2D eigenvalue weighted by Gasteiger charge is -2.33. The lowest BCUT2D eigenvalue weighted by atomic mass is 10.1. The first-order chi connectivity index (χ1) is 20.3. The molecule has 10 heteroatoms. The lowest BCUT2D eigenvalue weighted by Crippen LogP contribution is -2.50. The van der Waals surface area contributed by atoms with Crippen molar-refractivity contribution in [2.75, 3.05) is 12.0 Å². The van der Waals surface area contributed by atoms with Gasteiger partial charge in [0.2, 0.25) is 15.9 Å². The Morgan fingerprint density at radius 3 is 2.29 bits per heavy atom. The van der Waals surface area contributed by atoms with E-state index < -0.39 is 27.9 Å². The number of hydrogen-bond acceptors (Lipinski definition) is 7. The number of nitrogens with zero attached hydrogens (tertiary/aromatic N) is 3. The Hall–Kier alpha value is -3.60. The van der Waals surface area contributed by atoms with Gasteiger partial charge in [0.1, 0.15) is 16.8 Å². The summed E-state index contributed by atoms with van der Waals surface area (Å²) in [5.74, 6) is -0.376. The molecule has 1 aliphatic carbocycles. The van der Waals surface area contributed by atoms with Crippen molar-refractivity contribution >= 4 is 49.1 Å². The van der Waals surface area contributed by atoms with Crippen molar-refractivity contribution in [2.45, 2.75) is 68.8 Å². The number of imide groups is 1. The highest BCUT2D eigenvalue weighted by molar-refractivity contribution is 7.89. The largest absolute Gasteiger partial charge is 0.497 e. The van der Waals surface area contributed by atoms with Crippen LogP contribution in [-0.4, -0.2) is 48.7 Å². The summed E-state index contributed by atoms with van der Waals surface area (Å²) < 4.78 is 35.9. The molecule has 218 valence electrons. The molecule has 0 radical (unpaired) electrons. The fourth-order valence-corrected chi connectivity index (χ4v) is 8.89. The first-order valence-corrected chi connectivity index (χ1v) is 16.5. The highest BCUT2D eigenvalue weighted by Crippen LogP contribution is 2.36. The third kappa shape index (κ3) is 5.34. The van der Waals surface area contributed by atoms with Crippen LogP contribution in [0.4, 0.5) is 5.69 Å². The van der Waals surface area contributed by atoms with Crippen LogP contribution >= 0.6 is 11.3 Å². The molecular formula is C32H33N3O5S2. The number of aromatic nitrogens is 1. The van der Waals surface area contributed by atoms with E-state index in [-0.39, 0.29) is 17.4 Å². The van der Waals surface area contributed by atoms with E-state index in [1.165, 1.54) is 29.1 Å². The molecule has 1 aromatic heterocycles. The van der Waals surface area contributed by atoms with Crippen molar-refractivity contribution < 1.29 is 22.7 Å². The molecule has 0 N–H and O–H groups in total. The van der Waals surface area contributed by atoms with Gasteiger partial charge in [0.05, 0.1) is 34.3 Å². The standard InChI is InChI=1S/C32H33N3O5S2/c1-21-9-18-27-29(19-21)41-31(33-27)22-10-12-23(13-11-22)34-30(36)20-28(32(34)37)35(24-7-5-3-4-6-8-24)42(38,39)26-16-14-25(40-2)15-17-26/h9-19,24,28H,3-8,20H2,1-2H3. The molecule has 0 bridgehead atoms. The smallest absolute Gasteiger partial charge is 0.252 e. The van der Waals surface area contributed by atoms with Gasteiger partial charge >= 0.3 is 0 Å². The van der Waals surface area contributed by atoms with Crippen molar-refractivity contribution in [1.29, 1.82) is 0 Å². The van der Waals surface area contributed by atoms with Crippen molar-refractivity contribution in [3.05, 3.63) is 72.3 Å². The molecular weight excluding hydrogens is 571 g/mol. The zero-order valence-corrected chi connectivity index (χ0v) is 25.3. The molecule has 1 aliphatic heterocycles. The second-order valence-electron chi connectivity index (χ2n) is 11.0. The first-order valence-electron chi connectivity index (χ1n) is 14.3. The first kappa shape index (κ1) is 28.5. The van der Waals surface area contributed by atoms with E-state index in [9.17, 15) is 18.0 Å². The summed E-state index contributed by atoms with van der Waals surface area (Å²) in [4.78, 5) is 33.3. The Morgan fingerprint density at radius 2 is 1.62 bits per heavy atom. The van der Waals surface area contributed by atoms with Crippen LogP contribution in [0.2, 0.25) is 0 Å². The summed E-state index contributed by atoms with van der Waals surface area (Å²) in [6.45, 7) is 2.05. The number of methoxy groups -OCH3 is 1. The van der Waals surface area contributed by atoms with Crippen LogP contribution < -0.4 is 9.64 Å². The van der Waals surface area contributed by atoms with Gasteiger partial charge in [-0.25, -0.2) is 18.3 Å². The summed E-state index contributed by atoms with van der Waals surface area (Å²) in [7, 11) is -2.56. The van der Waals surface area contributed by atoms with E-state index in [1.807, 2.05) is 31.2 Å². The molecule has 0 spiro atoms. The zero-order chi connectivity index (χ0) is 29.4. The van der Waals surface area contributed by atoms with Gasteiger partial charge in [-0.1, -0.05) is 31.7 Å². The summed E-state index contributed by atoms with van der Waals surface area (Å²) in [5.41, 5.74) is 3.40. The Labute approximate surface area is 250 Å². The minimum atomic E-state index is -4.07. The maximum atomic E-state index is 14.1. The van der Waals surface area contributed by atoms with E-state index in [0.717, 1.165) is 51.4 Å². The molecule has 3 aromatic carbocycles. The molecule has 2 amide bonds. The highest BCUT2D eigenvalue weighted by atomic mass is 32.2. The van der Waals surface area contributed by atoms with Crippen LogP contribution in [0.5, 0.6) is 5.75 Å². The Kier molecular flexibility index (Phi) is 7.87. The van der Waals surface area contributed by atoms with Crippen LogP contribution in [0, 0.1) is 6.92 Å². The predicted molar refractivity (Wildman–Crippen MR) is 164 cm³/mol. The van der Waals surface area contributed by atoms with Gasteiger partial charge < -0.3 is 4.74 Å². The maximum Gasteiger partial charge on any atom is 0.252 e. The number of fused-ring (bicyclic) bond motifs is 1. The number of carbonyl (C=O) groups is 2. The molecule has 2 fully saturated rings. The van der Waals surface area contributed by atoms with Crippen molar-refractivity contribution in [3.8, 4) is 16.3 Å². The Morgan fingerprint density at radius 1 is 0.929 bits per heavy atom. The number of ether oxygens (including phenoxy) is 1. The normalized spacial score (nSPS) is 18.6. The average Bonchev–Trinajstić information content (AvgIpc) is 3.41. The van der Waals surface area contributed by atoms with Gasteiger partial charge in [-0.2, -0.15) is 4.31 Å². The van der Waals surface area contributed by atoms with E-state index in [2.05, 4.69) is 6.07 Å². The number of sulfonamides is 1. The van der Waals surface area contributed by atoms with E-state index in [4.69, 9.17) is 9.72 Å². The molecule has 1 saturated carbocycles. The van der Waals surface area contributed by atoms with Crippen molar-refractivity contribution in [3.63, 3.8) is 0 Å². The second-order valence-corrected chi connectivity index (χ2v) is 13.9. The molecule has 8 nitrogen and oxygen atoms in total. The maximum absolute atomic E-state index is 14.1. The van der Waals surface area contributed by atoms with Gasteiger partial charge in [0, 0.05) is 11.6 Å². The van der Waals surface area contributed by atoms with Crippen LogP contribution in [0.3, 0.4) is 0 Å². The number of hydrogen-bond donors (Lipinski definition) is 0. The van der Waals surface area contributed by atoms with Gasteiger partial charge in [-0.15, -0.1) is 11.3 Å². The Bertz CT molecular complexity index is 1720. The van der Waals surface area contributed by atoms with Gasteiger partial charge in [-0.3, -0.25) is 9.59 Å². The summed E-state index contributed by atoms with van der Waals surface area (Å²) in [5, 5.41) is 0.851. The SMILES string of the molecule is COc1ccc(S(=O)(=O)N(C2CCCCCC2)C2CC(=O)N(c3ccc(-c4nc5ccc(C)cc5s4)cc3)C2=O)cc1. The average molecular weight is 604 g/mol. The summed E-state index contributed by atoms with van der Waals surface area (Å²) in [6.07, 6.45) is 4.93. The summed E-state index contributed by atoms with van der Waals surface area (Å²) >= 11 is 1.59. The fourth-order valence-electron chi connectivity index (χ4n) is 5.99. The summed E-state index contributed by atoms with van der Waals surface area (Å²) in [6, 6.07) is 18.0. The van der Waals surface area contributed by atoms with E-state index in [1.54, 1.807) is 35.6 Å². The highest BCUT2D eigenvalue weighted by Gasteiger charge is 2.49. The molecule has 2 aliphatic rings. The minimum Gasteiger partial charge on any atom is -0.497 e. The van der Waals surface area contributed by atoms with Crippen LogP contribution in [-0.2, 0) is 19.6 Å². The van der Waals surface area contributed by atoms with Crippen LogP contribution in [0.1, 0.15) is 50.5 Å². The number of aryl methyl sites for hydroxylation is 1. The number of thiazole rings is 1. The van der Waals surface area contributed by atoms with Gasteiger partial charge in [-0.05, 0) is 86.0 Å². The molecule has 2 heterocycles. The molecule has 1 unspecified atom stereocenters. The van der Waals surface area contributed by atoms with Crippen LogP contribution in [0.15, 0.2) is 71.6 Å². The monoisotopic (exact) mass is 603 g/mol. The quantitative estimate of drug-likeness (QED) is 0.181. The number of rotatable bonds is 7. The number of carbonyl (C=O) groups excluding carboxylic acids is 2. The molecule has 4 aromatic rings. The van der Waals surface area contributed by atoms with Crippen molar-refractivity contribution in [2.24, 2.45) is 0 Å². The zero-order valence-electron chi connectivity index (χ0n) is 23.7. The lowest BCUT2D eigenvalue weighted by molar-refractivity contribution is -0.122. The van der Waals surface area contributed by atoms with Crippen molar-refractivity contribution in [1.82, 2.24) is 9.29 Å². The van der Waals surface area contributed by atoms with E-state index >= 15 is 0 Å². The number of anilines is 1. The topological polar surface area (TPSA) is 96.9 Å². The van der Waals surface area contributed by atoms with Crippen LogP contribution in [0.25, 0.3) is 20.8 Å². The fraction of sp³-hybridized carbons (Fsp3) is 0.344. The predicted octanol–water partition coefficient (Wildman–Crippen LogP) is 6.33. The third-order valence-corrected chi connectivity index (χ3v) is 11.2. The number of benzene rings is 3. The number of amides is 2. The molecule has 1 atom stereocenters. The van der Waals surface area contributed by atoms with E-state index in [0.29, 0.717) is 24.3 Å². The minimum absolute atomic E-state index is 0.0848. The molecule has 6 rings (SSSR count).